The third-order valence-corrected chi connectivity index (χ3v) is 6.90. The number of aromatic nitrogens is 2. The summed E-state index contributed by atoms with van der Waals surface area (Å²) >= 11 is 0. The van der Waals surface area contributed by atoms with Gasteiger partial charge in [-0.3, -0.25) is 9.48 Å². The summed E-state index contributed by atoms with van der Waals surface area (Å²) in [4.78, 5) is 26.0. The predicted octanol–water partition coefficient (Wildman–Crippen LogP) is 4.34. The number of esters is 1. The first kappa shape index (κ1) is 21.8. The van der Waals surface area contributed by atoms with Gasteiger partial charge in [-0.25, -0.2) is 4.79 Å². The first-order valence-electron chi connectivity index (χ1n) is 11.6. The van der Waals surface area contributed by atoms with E-state index in [2.05, 4.69) is 17.3 Å². The van der Waals surface area contributed by atoms with Crippen LogP contribution in [0.15, 0.2) is 12.3 Å². The molecule has 0 radical (unpaired) electrons. The standard InChI is InChI=1S/C23H37N3O3/c1-3-16-26-19(14-15-24-26)22(27)25-21(23(28)29-2)20(17-10-6-4-7-11-17)18-12-8-5-9-13-18/h14-15,17-18,20-21H,3-13,16H2,1-2H3,(H,25,27). The number of nitrogens with one attached hydrogen (secondary N) is 1. The Morgan fingerprint density at radius 3 is 2.21 bits per heavy atom. The number of ether oxygens (including phenoxy) is 1. The highest BCUT2D eigenvalue weighted by atomic mass is 16.5. The fourth-order valence-electron chi connectivity index (χ4n) is 5.54. The van der Waals surface area contributed by atoms with Crippen LogP contribution < -0.4 is 5.32 Å². The minimum Gasteiger partial charge on any atom is -0.467 e. The number of aryl methyl sites for hydroxylation is 1. The van der Waals surface area contributed by atoms with Crippen molar-refractivity contribution in [1.82, 2.24) is 15.1 Å². The van der Waals surface area contributed by atoms with Crippen molar-refractivity contribution in [2.45, 2.75) is 90.1 Å². The second kappa shape index (κ2) is 10.8. The summed E-state index contributed by atoms with van der Waals surface area (Å²) in [5.41, 5.74) is 0.520. The fraction of sp³-hybridized carbons (Fsp3) is 0.783. The van der Waals surface area contributed by atoms with Gasteiger partial charge in [-0.05, 0) is 30.2 Å². The zero-order valence-corrected chi connectivity index (χ0v) is 18.1. The number of hydrogen-bond donors (Lipinski definition) is 1. The van der Waals surface area contributed by atoms with Crippen LogP contribution in [0.5, 0.6) is 0 Å². The van der Waals surface area contributed by atoms with Crippen molar-refractivity contribution in [3.05, 3.63) is 18.0 Å². The van der Waals surface area contributed by atoms with E-state index in [1.54, 1.807) is 16.9 Å². The van der Waals surface area contributed by atoms with Crippen LogP contribution in [-0.2, 0) is 16.1 Å². The highest BCUT2D eigenvalue weighted by molar-refractivity contribution is 5.95. The molecule has 1 N–H and O–H groups in total. The normalized spacial score (nSPS) is 19.8. The van der Waals surface area contributed by atoms with Crippen LogP contribution in [0.25, 0.3) is 0 Å². The predicted molar refractivity (Wildman–Crippen MR) is 112 cm³/mol. The van der Waals surface area contributed by atoms with Gasteiger partial charge in [-0.1, -0.05) is 71.1 Å². The number of hydrogen-bond acceptors (Lipinski definition) is 4. The summed E-state index contributed by atoms with van der Waals surface area (Å²) in [6.07, 6.45) is 14.6. The molecule has 0 spiro atoms. The molecular formula is C23H37N3O3. The van der Waals surface area contributed by atoms with Gasteiger partial charge < -0.3 is 10.1 Å². The van der Waals surface area contributed by atoms with Crippen molar-refractivity contribution in [1.29, 1.82) is 0 Å². The summed E-state index contributed by atoms with van der Waals surface area (Å²) in [5.74, 6) is 0.604. The number of nitrogens with zero attached hydrogens (tertiary/aromatic N) is 2. The van der Waals surface area contributed by atoms with Crippen molar-refractivity contribution in [2.24, 2.45) is 17.8 Å². The van der Waals surface area contributed by atoms with Gasteiger partial charge in [-0.2, -0.15) is 5.10 Å². The largest absolute Gasteiger partial charge is 0.467 e. The van der Waals surface area contributed by atoms with Crippen LogP contribution in [-0.4, -0.2) is 34.8 Å². The van der Waals surface area contributed by atoms with Gasteiger partial charge in [0.2, 0.25) is 0 Å². The third kappa shape index (κ3) is 5.40. The van der Waals surface area contributed by atoms with Crippen LogP contribution in [0.3, 0.4) is 0 Å². The highest BCUT2D eigenvalue weighted by Gasteiger charge is 2.41. The smallest absolute Gasteiger partial charge is 0.328 e. The Kier molecular flexibility index (Phi) is 8.13. The molecule has 6 nitrogen and oxygen atoms in total. The zero-order chi connectivity index (χ0) is 20.6. The Hall–Kier alpha value is -1.85. The molecule has 1 aromatic heterocycles. The lowest BCUT2D eigenvalue weighted by Crippen LogP contribution is -2.52. The average Bonchev–Trinajstić information content (AvgIpc) is 3.23. The molecular weight excluding hydrogens is 366 g/mol. The Morgan fingerprint density at radius 2 is 1.69 bits per heavy atom. The van der Waals surface area contributed by atoms with Gasteiger partial charge in [0, 0.05) is 12.7 Å². The number of rotatable bonds is 8. The molecule has 1 unspecified atom stereocenters. The minimum absolute atomic E-state index is 0.162. The van der Waals surface area contributed by atoms with E-state index >= 15 is 0 Å². The van der Waals surface area contributed by atoms with Crippen molar-refractivity contribution in [3.63, 3.8) is 0 Å². The first-order chi connectivity index (χ1) is 14.2. The van der Waals surface area contributed by atoms with Gasteiger partial charge in [0.1, 0.15) is 11.7 Å². The molecule has 162 valence electrons. The van der Waals surface area contributed by atoms with Crippen LogP contribution in [0.4, 0.5) is 0 Å². The van der Waals surface area contributed by atoms with Crippen LogP contribution in [0.1, 0.15) is 88.0 Å². The molecule has 1 atom stereocenters. The summed E-state index contributed by atoms with van der Waals surface area (Å²) in [6, 6.07) is 1.15. The molecule has 0 aromatic carbocycles. The molecule has 2 fully saturated rings. The maximum Gasteiger partial charge on any atom is 0.328 e. The van der Waals surface area contributed by atoms with E-state index in [0.29, 0.717) is 24.1 Å². The van der Waals surface area contributed by atoms with E-state index in [-0.39, 0.29) is 17.8 Å². The number of methoxy groups -OCH3 is 1. The number of amides is 1. The Bertz CT molecular complexity index is 642. The van der Waals surface area contributed by atoms with Gasteiger partial charge in [0.15, 0.2) is 0 Å². The molecule has 2 aliphatic rings. The molecule has 0 saturated heterocycles. The molecule has 1 amide bonds. The maximum atomic E-state index is 13.1. The number of carbonyl (C=O) groups is 2. The van der Waals surface area contributed by atoms with Gasteiger partial charge >= 0.3 is 5.97 Å². The summed E-state index contributed by atoms with van der Waals surface area (Å²) in [6.45, 7) is 2.75. The molecule has 1 heterocycles. The fourth-order valence-corrected chi connectivity index (χ4v) is 5.54. The van der Waals surface area contributed by atoms with E-state index in [1.165, 1.54) is 45.6 Å². The van der Waals surface area contributed by atoms with Gasteiger partial charge in [0.05, 0.1) is 7.11 Å². The van der Waals surface area contributed by atoms with Gasteiger partial charge in [-0.15, -0.1) is 0 Å². The van der Waals surface area contributed by atoms with Crippen LogP contribution in [0.2, 0.25) is 0 Å². The Balaban J connectivity index is 1.85. The van der Waals surface area contributed by atoms with Crippen LogP contribution in [0, 0.1) is 17.8 Å². The van der Waals surface area contributed by atoms with Crippen LogP contribution >= 0.6 is 0 Å². The lowest BCUT2D eigenvalue weighted by Gasteiger charge is -2.41. The lowest BCUT2D eigenvalue weighted by atomic mass is 9.66. The Morgan fingerprint density at radius 1 is 1.10 bits per heavy atom. The number of carbonyl (C=O) groups excluding carboxylic acids is 2. The molecule has 0 aliphatic heterocycles. The van der Waals surface area contributed by atoms with Crippen molar-refractivity contribution >= 4 is 11.9 Å². The molecule has 29 heavy (non-hydrogen) atoms. The second-order valence-electron chi connectivity index (χ2n) is 8.79. The SMILES string of the molecule is CCCn1nccc1C(=O)NC(C(=O)OC)C(C1CCCCC1)C1CCCCC1. The third-order valence-electron chi connectivity index (χ3n) is 6.90. The maximum absolute atomic E-state index is 13.1. The van der Waals surface area contributed by atoms with E-state index < -0.39 is 6.04 Å². The summed E-state index contributed by atoms with van der Waals surface area (Å²) in [5, 5.41) is 7.35. The van der Waals surface area contributed by atoms with E-state index in [1.807, 2.05) is 0 Å². The highest BCUT2D eigenvalue weighted by Crippen LogP contribution is 2.42. The molecule has 1 aromatic rings. The molecule has 2 saturated carbocycles. The minimum atomic E-state index is -0.580. The monoisotopic (exact) mass is 403 g/mol. The quantitative estimate of drug-likeness (QED) is 0.655. The second-order valence-corrected chi connectivity index (χ2v) is 8.79. The summed E-state index contributed by atoms with van der Waals surface area (Å²) in [7, 11) is 1.43. The van der Waals surface area contributed by atoms with Crippen molar-refractivity contribution in [3.8, 4) is 0 Å². The molecule has 0 bridgehead atoms. The van der Waals surface area contributed by atoms with Crippen molar-refractivity contribution in [2.75, 3.05) is 7.11 Å². The summed E-state index contributed by atoms with van der Waals surface area (Å²) < 4.78 is 6.92. The zero-order valence-electron chi connectivity index (χ0n) is 18.1. The molecule has 2 aliphatic carbocycles. The topological polar surface area (TPSA) is 73.2 Å². The Labute approximate surface area is 174 Å². The van der Waals surface area contributed by atoms with E-state index in [0.717, 1.165) is 32.1 Å². The van der Waals surface area contributed by atoms with Gasteiger partial charge in [0.25, 0.3) is 5.91 Å². The molecule has 6 heteroatoms. The molecule has 3 rings (SSSR count). The average molecular weight is 404 g/mol. The van der Waals surface area contributed by atoms with E-state index in [9.17, 15) is 9.59 Å². The van der Waals surface area contributed by atoms with E-state index in [4.69, 9.17) is 4.74 Å². The van der Waals surface area contributed by atoms with Crippen molar-refractivity contribution < 1.29 is 14.3 Å². The first-order valence-corrected chi connectivity index (χ1v) is 11.6. The lowest BCUT2D eigenvalue weighted by molar-refractivity contribution is -0.146.